The van der Waals surface area contributed by atoms with Crippen molar-refractivity contribution in [1.29, 1.82) is 0 Å². The van der Waals surface area contributed by atoms with Crippen LogP contribution in [0.15, 0.2) is 36.8 Å². The zero-order chi connectivity index (χ0) is 13.0. The summed E-state index contributed by atoms with van der Waals surface area (Å²) in [5.41, 5.74) is 6.27. The molecule has 3 N–H and O–H groups in total. The predicted octanol–water partition coefficient (Wildman–Crippen LogP) is 0.943. The van der Waals surface area contributed by atoms with Crippen LogP contribution in [0.5, 0.6) is 0 Å². The normalized spacial score (nSPS) is 12.1. The lowest BCUT2D eigenvalue weighted by Crippen LogP contribution is -2.35. The van der Waals surface area contributed by atoms with E-state index >= 15 is 0 Å². The van der Waals surface area contributed by atoms with Crippen LogP contribution in [0.3, 0.4) is 0 Å². The van der Waals surface area contributed by atoms with E-state index in [1.807, 2.05) is 6.92 Å². The van der Waals surface area contributed by atoms with E-state index in [4.69, 9.17) is 5.73 Å². The summed E-state index contributed by atoms with van der Waals surface area (Å²) in [7, 11) is 0. The van der Waals surface area contributed by atoms with Gasteiger partial charge in [0.1, 0.15) is 0 Å². The van der Waals surface area contributed by atoms with Crippen molar-refractivity contribution in [2.45, 2.75) is 19.4 Å². The summed E-state index contributed by atoms with van der Waals surface area (Å²) in [6.45, 7) is 1.86. The Bertz CT molecular complexity index is 523. The highest BCUT2D eigenvalue weighted by Gasteiger charge is 2.14. The molecule has 1 amide bonds. The second-order valence-corrected chi connectivity index (χ2v) is 3.83. The van der Waals surface area contributed by atoms with Gasteiger partial charge in [-0.2, -0.15) is 5.10 Å². The van der Waals surface area contributed by atoms with Gasteiger partial charge in [-0.3, -0.25) is 4.79 Å². The van der Waals surface area contributed by atoms with E-state index in [2.05, 4.69) is 15.4 Å². The molecule has 0 fully saturated rings. The molecule has 0 unspecified atom stereocenters. The Morgan fingerprint density at radius 2 is 2.33 bits per heavy atom. The number of anilines is 1. The zero-order valence-electron chi connectivity index (χ0n) is 10.1. The summed E-state index contributed by atoms with van der Waals surface area (Å²) < 4.78 is 1.59. The maximum Gasteiger partial charge on any atom is 0.241 e. The average molecular weight is 245 g/mol. The molecule has 0 aliphatic heterocycles. The average Bonchev–Trinajstić information content (AvgIpc) is 2.92. The number of carbonyl (C=O) groups excluding carboxylic acids is 1. The van der Waals surface area contributed by atoms with E-state index in [0.717, 1.165) is 0 Å². The number of nitrogens with zero attached hydrogens (tertiary/aromatic N) is 3. The van der Waals surface area contributed by atoms with Gasteiger partial charge < -0.3 is 11.1 Å². The van der Waals surface area contributed by atoms with Crippen LogP contribution in [0.1, 0.15) is 13.3 Å². The van der Waals surface area contributed by atoms with Crippen LogP contribution in [-0.2, 0) is 4.79 Å². The van der Waals surface area contributed by atoms with Crippen LogP contribution in [-0.4, -0.2) is 26.7 Å². The summed E-state index contributed by atoms with van der Waals surface area (Å²) in [6.07, 6.45) is 5.64. The van der Waals surface area contributed by atoms with Crippen LogP contribution in [0.4, 0.5) is 5.69 Å². The molecule has 2 heterocycles. The minimum atomic E-state index is -0.518. The number of carbonyl (C=O) groups is 1. The van der Waals surface area contributed by atoms with Crippen LogP contribution in [0.2, 0.25) is 0 Å². The summed E-state index contributed by atoms with van der Waals surface area (Å²) in [5.74, 6) is 0.345. The van der Waals surface area contributed by atoms with E-state index in [1.54, 1.807) is 41.5 Å². The molecule has 0 saturated heterocycles. The van der Waals surface area contributed by atoms with E-state index in [0.29, 0.717) is 17.9 Å². The van der Waals surface area contributed by atoms with Crippen molar-refractivity contribution in [1.82, 2.24) is 14.8 Å². The second-order valence-electron chi connectivity index (χ2n) is 3.83. The first-order valence-electron chi connectivity index (χ1n) is 5.74. The van der Waals surface area contributed by atoms with Crippen molar-refractivity contribution in [2.75, 3.05) is 5.32 Å². The predicted molar refractivity (Wildman–Crippen MR) is 68.3 cm³/mol. The molecule has 2 aromatic heterocycles. The molecule has 0 bridgehead atoms. The third-order valence-corrected chi connectivity index (χ3v) is 2.54. The monoisotopic (exact) mass is 245 g/mol. The van der Waals surface area contributed by atoms with Crippen molar-refractivity contribution in [3.05, 3.63) is 36.8 Å². The number of amides is 1. The molecule has 2 aromatic rings. The third-order valence-electron chi connectivity index (χ3n) is 2.54. The summed E-state index contributed by atoms with van der Waals surface area (Å²) in [4.78, 5) is 16.0. The molecule has 18 heavy (non-hydrogen) atoms. The minimum absolute atomic E-state index is 0.223. The topological polar surface area (TPSA) is 85.8 Å². The quantitative estimate of drug-likeness (QED) is 0.839. The molecule has 0 aliphatic carbocycles. The SMILES string of the molecule is CC[C@H](N)C(=O)Nc1cccnc1-n1cccn1. The van der Waals surface area contributed by atoms with Gasteiger partial charge in [0.05, 0.1) is 11.7 Å². The number of pyridine rings is 1. The van der Waals surface area contributed by atoms with Crippen LogP contribution >= 0.6 is 0 Å². The van der Waals surface area contributed by atoms with Gasteiger partial charge >= 0.3 is 0 Å². The number of aromatic nitrogens is 3. The minimum Gasteiger partial charge on any atom is -0.322 e. The maximum absolute atomic E-state index is 11.8. The van der Waals surface area contributed by atoms with Crippen molar-refractivity contribution < 1.29 is 4.79 Å². The smallest absolute Gasteiger partial charge is 0.241 e. The van der Waals surface area contributed by atoms with Gasteiger partial charge in [-0.1, -0.05) is 6.92 Å². The fraction of sp³-hybridized carbons (Fsp3) is 0.250. The molecular weight excluding hydrogens is 230 g/mol. The fourth-order valence-corrected chi connectivity index (χ4v) is 1.48. The molecule has 6 nitrogen and oxygen atoms in total. The number of rotatable bonds is 4. The highest BCUT2D eigenvalue weighted by atomic mass is 16.2. The lowest BCUT2D eigenvalue weighted by atomic mass is 10.2. The van der Waals surface area contributed by atoms with Gasteiger partial charge in [-0.25, -0.2) is 9.67 Å². The van der Waals surface area contributed by atoms with E-state index in [-0.39, 0.29) is 5.91 Å². The lowest BCUT2D eigenvalue weighted by molar-refractivity contribution is -0.117. The first-order chi connectivity index (χ1) is 8.72. The Kier molecular flexibility index (Phi) is 3.69. The molecule has 0 saturated carbocycles. The standard InChI is InChI=1S/C12H15N5O/c1-2-9(13)12(18)16-10-5-3-6-14-11(10)17-8-4-7-15-17/h3-9H,2,13H2,1H3,(H,16,18)/t9-/m0/s1. The van der Waals surface area contributed by atoms with E-state index in [1.165, 1.54) is 0 Å². The molecule has 0 spiro atoms. The van der Waals surface area contributed by atoms with Gasteiger partial charge in [0.2, 0.25) is 5.91 Å². The van der Waals surface area contributed by atoms with Crippen molar-refractivity contribution >= 4 is 11.6 Å². The van der Waals surface area contributed by atoms with Gasteiger partial charge in [-0.15, -0.1) is 0 Å². The van der Waals surface area contributed by atoms with E-state index < -0.39 is 6.04 Å². The Morgan fingerprint density at radius 3 is 3.00 bits per heavy atom. The van der Waals surface area contributed by atoms with Crippen LogP contribution < -0.4 is 11.1 Å². The molecule has 0 aromatic carbocycles. The summed E-state index contributed by atoms with van der Waals surface area (Å²) in [5, 5.41) is 6.85. The second kappa shape index (κ2) is 5.42. The largest absolute Gasteiger partial charge is 0.322 e. The Morgan fingerprint density at radius 1 is 1.50 bits per heavy atom. The van der Waals surface area contributed by atoms with Crippen LogP contribution in [0.25, 0.3) is 5.82 Å². The van der Waals surface area contributed by atoms with Crippen molar-refractivity contribution in [3.8, 4) is 5.82 Å². The molecule has 0 aliphatic rings. The number of hydrogen-bond donors (Lipinski definition) is 2. The van der Waals surface area contributed by atoms with E-state index in [9.17, 15) is 4.79 Å². The Balaban J connectivity index is 2.26. The van der Waals surface area contributed by atoms with Gasteiger partial charge in [0.15, 0.2) is 5.82 Å². The summed E-state index contributed by atoms with van der Waals surface area (Å²) >= 11 is 0. The molecule has 2 rings (SSSR count). The zero-order valence-corrected chi connectivity index (χ0v) is 10.1. The Hall–Kier alpha value is -2.21. The third kappa shape index (κ3) is 2.54. The maximum atomic E-state index is 11.8. The van der Waals surface area contributed by atoms with Crippen molar-refractivity contribution in [2.24, 2.45) is 5.73 Å². The van der Waals surface area contributed by atoms with Gasteiger partial charge in [-0.05, 0) is 24.6 Å². The number of hydrogen-bond acceptors (Lipinski definition) is 4. The molecule has 1 atom stereocenters. The van der Waals surface area contributed by atoms with Gasteiger partial charge in [0, 0.05) is 18.6 Å². The first-order valence-corrected chi connectivity index (χ1v) is 5.74. The number of nitrogens with one attached hydrogen (secondary N) is 1. The fourth-order valence-electron chi connectivity index (χ4n) is 1.48. The first kappa shape index (κ1) is 12.3. The summed E-state index contributed by atoms with van der Waals surface area (Å²) in [6, 6.07) is 4.79. The highest BCUT2D eigenvalue weighted by molar-refractivity contribution is 5.95. The molecule has 0 radical (unpaired) electrons. The number of nitrogens with two attached hydrogens (primary N) is 1. The van der Waals surface area contributed by atoms with Crippen LogP contribution in [0, 0.1) is 0 Å². The molecular formula is C12H15N5O. The van der Waals surface area contributed by atoms with Gasteiger partial charge in [0.25, 0.3) is 0 Å². The Labute approximate surface area is 105 Å². The van der Waals surface area contributed by atoms with Crippen molar-refractivity contribution in [3.63, 3.8) is 0 Å². The molecule has 6 heteroatoms. The highest BCUT2D eigenvalue weighted by Crippen LogP contribution is 2.16. The molecule has 94 valence electrons. The lowest BCUT2D eigenvalue weighted by Gasteiger charge is -2.12.